The van der Waals surface area contributed by atoms with Gasteiger partial charge in [0.25, 0.3) is 0 Å². The first-order chi connectivity index (χ1) is 17.3. The van der Waals surface area contributed by atoms with E-state index in [-0.39, 0.29) is 5.54 Å². The molecule has 2 radical (unpaired) electrons. The molecule has 0 bridgehead atoms. The van der Waals surface area contributed by atoms with Crippen molar-refractivity contribution >= 4 is 35.9 Å². The van der Waals surface area contributed by atoms with Crippen LogP contribution in [0.4, 0.5) is 5.82 Å². The molecule has 36 heavy (non-hydrogen) atoms. The van der Waals surface area contributed by atoms with Crippen LogP contribution in [0.2, 0.25) is 0 Å². The summed E-state index contributed by atoms with van der Waals surface area (Å²) in [6.07, 6.45) is 4.02. The molecule has 1 aromatic heterocycles. The minimum absolute atomic E-state index is 0.0438. The van der Waals surface area contributed by atoms with Crippen LogP contribution in [-0.4, -0.2) is 52.9 Å². The fourth-order valence-corrected chi connectivity index (χ4v) is 5.79. The average molecular weight is 497 g/mol. The number of hydrogen-bond acceptors (Lipinski definition) is 4. The lowest BCUT2D eigenvalue weighted by atomic mass is 9.94. The lowest BCUT2D eigenvalue weighted by molar-refractivity contribution is 0.259. The SMILES string of the molecule is [B]c1cc(C)cnc1N1CCN(/C(=N\NS(=O)c2ccc(C)cc2)c2c(C)cccc2C)C2(CC2)C1. The summed E-state index contributed by atoms with van der Waals surface area (Å²) in [7, 11) is 4.90. The van der Waals surface area contributed by atoms with E-state index in [1.807, 2.05) is 50.4 Å². The van der Waals surface area contributed by atoms with Gasteiger partial charge in [-0.05, 0) is 69.4 Å². The van der Waals surface area contributed by atoms with Gasteiger partial charge in [0.2, 0.25) is 0 Å². The van der Waals surface area contributed by atoms with Gasteiger partial charge in [0, 0.05) is 31.4 Å². The summed E-state index contributed by atoms with van der Waals surface area (Å²) < 4.78 is 13.1. The molecule has 1 aliphatic heterocycles. The zero-order valence-corrected chi connectivity index (χ0v) is 22.2. The summed E-state index contributed by atoms with van der Waals surface area (Å²) in [6.45, 7) is 10.6. The summed E-state index contributed by atoms with van der Waals surface area (Å²) in [5.74, 6) is 1.71. The summed E-state index contributed by atoms with van der Waals surface area (Å²) in [5, 5.41) is 4.83. The van der Waals surface area contributed by atoms with E-state index in [2.05, 4.69) is 51.7 Å². The molecule has 1 saturated heterocycles. The van der Waals surface area contributed by atoms with Gasteiger partial charge in [-0.3, -0.25) is 0 Å². The molecular formula is C28H32BN5OS. The number of aromatic nitrogens is 1. The van der Waals surface area contributed by atoms with Crippen molar-refractivity contribution < 1.29 is 4.21 Å². The Morgan fingerprint density at radius 1 is 1.03 bits per heavy atom. The van der Waals surface area contributed by atoms with Crippen LogP contribution in [0, 0.1) is 27.7 Å². The molecular weight excluding hydrogens is 465 g/mol. The number of amidine groups is 1. The minimum atomic E-state index is -1.45. The predicted octanol–water partition coefficient (Wildman–Crippen LogP) is 3.44. The zero-order valence-electron chi connectivity index (χ0n) is 21.4. The Bertz CT molecular complexity index is 1320. The highest BCUT2D eigenvalue weighted by atomic mass is 32.2. The van der Waals surface area contributed by atoms with Gasteiger partial charge in [0.05, 0.1) is 10.4 Å². The van der Waals surface area contributed by atoms with Gasteiger partial charge in [-0.2, -0.15) is 0 Å². The molecule has 2 aliphatic rings. The van der Waals surface area contributed by atoms with E-state index >= 15 is 0 Å². The van der Waals surface area contributed by atoms with Crippen molar-refractivity contribution in [1.29, 1.82) is 0 Å². The zero-order chi connectivity index (χ0) is 25.4. The first kappa shape index (κ1) is 24.6. The molecule has 2 aromatic carbocycles. The van der Waals surface area contributed by atoms with Crippen molar-refractivity contribution in [2.45, 2.75) is 51.0 Å². The highest BCUT2D eigenvalue weighted by Crippen LogP contribution is 2.46. The monoisotopic (exact) mass is 497 g/mol. The van der Waals surface area contributed by atoms with Crippen LogP contribution >= 0.6 is 0 Å². The van der Waals surface area contributed by atoms with E-state index in [4.69, 9.17) is 12.9 Å². The maximum atomic E-state index is 13.1. The first-order valence-electron chi connectivity index (χ1n) is 12.4. The molecule has 1 saturated carbocycles. The minimum Gasteiger partial charge on any atom is -0.353 e. The molecule has 1 atom stereocenters. The second kappa shape index (κ2) is 9.73. The number of aryl methyl sites for hydroxylation is 4. The fourth-order valence-electron chi connectivity index (χ4n) is 5.13. The van der Waals surface area contributed by atoms with Crippen molar-refractivity contribution in [3.8, 4) is 0 Å². The Labute approximate surface area is 217 Å². The Morgan fingerprint density at radius 3 is 2.36 bits per heavy atom. The van der Waals surface area contributed by atoms with Gasteiger partial charge < -0.3 is 9.80 Å². The molecule has 8 heteroatoms. The van der Waals surface area contributed by atoms with Gasteiger partial charge >= 0.3 is 0 Å². The van der Waals surface area contributed by atoms with Gasteiger partial charge in [-0.25, -0.2) is 14.0 Å². The van der Waals surface area contributed by atoms with Crippen LogP contribution in [0.5, 0.6) is 0 Å². The fraction of sp³-hybridized carbons (Fsp3) is 0.357. The van der Waals surface area contributed by atoms with Crippen molar-refractivity contribution in [2.24, 2.45) is 5.10 Å². The quantitative estimate of drug-likeness (QED) is 0.254. The number of piperazine rings is 1. The summed E-state index contributed by atoms with van der Waals surface area (Å²) in [4.78, 5) is 13.0. The van der Waals surface area contributed by atoms with Gasteiger partial charge in [0.15, 0.2) is 16.8 Å². The first-order valence-corrected chi connectivity index (χ1v) is 13.6. The molecule has 2 heterocycles. The van der Waals surface area contributed by atoms with Crippen LogP contribution in [0.25, 0.3) is 0 Å². The van der Waals surface area contributed by atoms with Gasteiger partial charge in [0.1, 0.15) is 13.7 Å². The van der Waals surface area contributed by atoms with Crippen LogP contribution < -0.4 is 15.2 Å². The van der Waals surface area contributed by atoms with Crippen molar-refractivity contribution in [2.75, 3.05) is 24.5 Å². The largest absolute Gasteiger partial charge is 0.353 e. The smallest absolute Gasteiger partial charge is 0.166 e. The molecule has 3 aromatic rings. The maximum absolute atomic E-state index is 13.1. The second-order valence-electron chi connectivity index (χ2n) is 10.1. The molecule has 1 spiro atoms. The molecule has 1 aliphatic carbocycles. The van der Waals surface area contributed by atoms with Crippen LogP contribution in [0.1, 0.15) is 40.7 Å². The summed E-state index contributed by atoms with van der Waals surface area (Å²) >= 11 is 0. The van der Waals surface area contributed by atoms with E-state index < -0.39 is 11.0 Å². The molecule has 184 valence electrons. The van der Waals surface area contributed by atoms with E-state index in [1.165, 1.54) is 0 Å². The Balaban J connectivity index is 1.47. The number of anilines is 1. The van der Waals surface area contributed by atoms with Gasteiger partial charge in [-0.1, -0.05) is 47.4 Å². The van der Waals surface area contributed by atoms with Crippen LogP contribution in [0.3, 0.4) is 0 Å². The van der Waals surface area contributed by atoms with Gasteiger partial charge in [-0.15, -0.1) is 5.10 Å². The Kier molecular flexibility index (Phi) is 6.64. The number of benzene rings is 2. The predicted molar refractivity (Wildman–Crippen MR) is 148 cm³/mol. The molecule has 2 fully saturated rings. The number of rotatable bonds is 5. The highest BCUT2D eigenvalue weighted by Gasteiger charge is 2.53. The van der Waals surface area contributed by atoms with Crippen LogP contribution in [0.15, 0.2) is 64.7 Å². The molecule has 0 amide bonds. The van der Waals surface area contributed by atoms with E-state index in [9.17, 15) is 4.21 Å². The second-order valence-corrected chi connectivity index (χ2v) is 11.3. The number of nitrogens with one attached hydrogen (secondary N) is 1. The number of nitrogens with zero attached hydrogens (tertiary/aromatic N) is 4. The van der Waals surface area contributed by atoms with E-state index in [0.717, 1.165) is 77.4 Å². The molecule has 6 nitrogen and oxygen atoms in total. The summed E-state index contributed by atoms with van der Waals surface area (Å²) in [5.41, 5.74) is 6.27. The standard InChI is InChI=1S/C28H32BN5OS/c1-19-8-10-23(11-9-19)36(35)32-31-27(25-21(3)6-5-7-22(25)4)34-15-14-33(18-28(34)12-13-28)26-24(29)16-20(2)17-30-26/h5-11,16-17,32H,12-15,18H2,1-4H3/b31-27-. The topological polar surface area (TPSA) is 60.8 Å². The number of hydrazone groups is 1. The number of pyridine rings is 1. The van der Waals surface area contributed by atoms with E-state index in [0.29, 0.717) is 4.90 Å². The maximum Gasteiger partial charge on any atom is 0.166 e. The number of hydrogen-bond donors (Lipinski definition) is 1. The van der Waals surface area contributed by atoms with Crippen molar-refractivity contribution in [3.05, 3.63) is 82.5 Å². The lowest BCUT2D eigenvalue weighted by Gasteiger charge is -2.45. The third-order valence-electron chi connectivity index (χ3n) is 7.24. The normalized spacial score (nSPS) is 17.8. The third-order valence-corrected chi connectivity index (χ3v) is 8.20. The van der Waals surface area contributed by atoms with Crippen molar-refractivity contribution in [3.63, 3.8) is 0 Å². The molecule has 1 unspecified atom stereocenters. The summed E-state index contributed by atoms with van der Waals surface area (Å²) in [6, 6.07) is 16.0. The van der Waals surface area contributed by atoms with Crippen molar-refractivity contribution in [1.82, 2.24) is 14.7 Å². The average Bonchev–Trinajstić information content (AvgIpc) is 3.61. The Hall–Kier alpha value is -3.13. The van der Waals surface area contributed by atoms with E-state index in [1.54, 1.807) is 0 Å². The molecule has 1 N–H and O–H groups in total. The lowest BCUT2D eigenvalue weighted by Crippen LogP contribution is -2.58. The third kappa shape index (κ3) is 4.79. The highest BCUT2D eigenvalue weighted by molar-refractivity contribution is 7.83. The molecule has 5 rings (SSSR count). The Morgan fingerprint density at radius 2 is 1.72 bits per heavy atom. The van der Waals surface area contributed by atoms with Crippen LogP contribution in [-0.2, 0) is 11.0 Å².